The summed E-state index contributed by atoms with van der Waals surface area (Å²) in [7, 11) is 0. The van der Waals surface area contributed by atoms with Gasteiger partial charge in [0.1, 0.15) is 18.0 Å². The van der Waals surface area contributed by atoms with Gasteiger partial charge >= 0.3 is 0 Å². The molecule has 1 unspecified atom stereocenters. The van der Waals surface area contributed by atoms with E-state index >= 15 is 0 Å². The van der Waals surface area contributed by atoms with Gasteiger partial charge in [0.2, 0.25) is 5.91 Å². The van der Waals surface area contributed by atoms with Crippen LogP contribution in [0.5, 0.6) is 0 Å². The summed E-state index contributed by atoms with van der Waals surface area (Å²) in [6.07, 6.45) is -1.30. The number of nitrogen functional groups attached to an aromatic ring is 1. The summed E-state index contributed by atoms with van der Waals surface area (Å²) in [5.74, 6) is -0.491. The second kappa shape index (κ2) is 4.95. The first-order valence-corrected chi connectivity index (χ1v) is 4.42. The number of nitriles is 1. The summed E-state index contributed by atoms with van der Waals surface area (Å²) in [5.41, 5.74) is 10.7. The summed E-state index contributed by atoms with van der Waals surface area (Å²) in [4.78, 5) is 14.4. The highest BCUT2D eigenvalue weighted by atomic mass is 16.3. The average Bonchev–Trinajstić information content (AvgIpc) is 2.27. The normalized spacial score (nSPS) is 11.5. The number of anilines is 2. The van der Waals surface area contributed by atoms with Gasteiger partial charge in [0.15, 0.2) is 5.69 Å². The monoisotopic (exact) mass is 221 g/mol. The van der Waals surface area contributed by atoms with Crippen LogP contribution >= 0.6 is 0 Å². The highest BCUT2D eigenvalue weighted by Gasteiger charge is 2.10. The van der Waals surface area contributed by atoms with Gasteiger partial charge < -0.3 is 21.9 Å². The Hall–Kier alpha value is -2.33. The van der Waals surface area contributed by atoms with Crippen molar-refractivity contribution in [1.29, 1.82) is 5.26 Å². The van der Waals surface area contributed by atoms with E-state index in [0.717, 1.165) is 0 Å². The topological polar surface area (TPSA) is 138 Å². The van der Waals surface area contributed by atoms with Crippen molar-refractivity contribution in [2.45, 2.75) is 6.10 Å². The maximum atomic E-state index is 10.5. The Morgan fingerprint density at radius 1 is 1.69 bits per heavy atom. The number of hydrogen-bond acceptors (Lipinski definition) is 6. The van der Waals surface area contributed by atoms with Crippen LogP contribution in [0.2, 0.25) is 0 Å². The van der Waals surface area contributed by atoms with E-state index in [9.17, 15) is 4.79 Å². The summed E-state index contributed by atoms with van der Waals surface area (Å²) in [6.45, 7) is -0.0723. The molecule has 0 bridgehead atoms. The first-order chi connectivity index (χ1) is 7.54. The fourth-order valence-corrected chi connectivity index (χ4v) is 0.960. The molecule has 7 nitrogen and oxygen atoms in total. The number of carbonyl (C=O) groups is 1. The smallest absolute Gasteiger partial charge is 0.248 e. The summed E-state index contributed by atoms with van der Waals surface area (Å²) < 4.78 is 0. The molecule has 16 heavy (non-hydrogen) atoms. The molecule has 0 aliphatic rings. The predicted molar refractivity (Wildman–Crippen MR) is 57.1 cm³/mol. The number of nitrogens with one attached hydrogen (secondary N) is 1. The molecular weight excluding hydrogens is 210 g/mol. The number of amides is 1. The minimum atomic E-state index is -1.30. The van der Waals surface area contributed by atoms with E-state index in [1.807, 2.05) is 6.07 Å². The number of nitrogens with zero attached hydrogens (tertiary/aromatic N) is 2. The number of hydrogen-bond donors (Lipinski definition) is 4. The maximum Gasteiger partial charge on any atom is 0.248 e. The van der Waals surface area contributed by atoms with E-state index in [2.05, 4.69) is 10.3 Å². The number of aromatic nitrogens is 1. The summed E-state index contributed by atoms with van der Waals surface area (Å²) >= 11 is 0. The maximum absolute atomic E-state index is 10.5. The molecule has 6 N–H and O–H groups in total. The van der Waals surface area contributed by atoms with Crippen molar-refractivity contribution < 1.29 is 9.90 Å². The van der Waals surface area contributed by atoms with Gasteiger partial charge in [0, 0.05) is 0 Å². The van der Waals surface area contributed by atoms with Gasteiger partial charge in [-0.15, -0.1) is 0 Å². The van der Waals surface area contributed by atoms with Crippen LogP contribution in [-0.2, 0) is 4.79 Å². The highest BCUT2D eigenvalue weighted by molar-refractivity contribution is 5.79. The van der Waals surface area contributed by atoms with Crippen LogP contribution < -0.4 is 16.8 Å². The van der Waals surface area contributed by atoms with Crippen molar-refractivity contribution >= 4 is 17.4 Å². The van der Waals surface area contributed by atoms with Crippen molar-refractivity contribution in [3.05, 3.63) is 17.8 Å². The van der Waals surface area contributed by atoms with Crippen molar-refractivity contribution in [3.8, 4) is 6.07 Å². The number of rotatable bonds is 4. The molecular formula is C9H11N5O2. The zero-order chi connectivity index (χ0) is 12.1. The summed E-state index contributed by atoms with van der Waals surface area (Å²) in [5, 5.41) is 20.4. The minimum Gasteiger partial charge on any atom is -0.396 e. The molecule has 0 radical (unpaired) electrons. The fraction of sp³-hybridized carbons (Fsp3) is 0.222. The van der Waals surface area contributed by atoms with Gasteiger partial charge in [0.05, 0.1) is 12.2 Å². The van der Waals surface area contributed by atoms with Crippen LogP contribution in [0.1, 0.15) is 5.69 Å². The molecule has 0 spiro atoms. The van der Waals surface area contributed by atoms with Gasteiger partial charge in [-0.1, -0.05) is 0 Å². The first-order valence-electron chi connectivity index (χ1n) is 4.42. The molecule has 1 amide bonds. The molecule has 0 saturated heterocycles. The zero-order valence-electron chi connectivity index (χ0n) is 8.34. The Labute approximate surface area is 91.7 Å². The van der Waals surface area contributed by atoms with E-state index in [1.54, 1.807) is 0 Å². The standard InChI is InChI=1S/C9H11N5O2/c10-3-6-5(11)1-2-8(14-6)13-4-7(15)9(12)16/h1-2,7,15H,4,11H2,(H2,12,16)(H,13,14). The number of aliphatic hydroxyl groups excluding tert-OH is 1. The molecule has 1 aromatic heterocycles. The number of primary amides is 1. The SMILES string of the molecule is N#Cc1nc(NCC(O)C(N)=O)ccc1N. The van der Waals surface area contributed by atoms with E-state index in [1.165, 1.54) is 12.1 Å². The van der Waals surface area contributed by atoms with Gasteiger partial charge in [-0.2, -0.15) is 5.26 Å². The molecule has 0 aliphatic heterocycles. The molecule has 1 heterocycles. The van der Waals surface area contributed by atoms with E-state index in [4.69, 9.17) is 21.8 Å². The molecule has 1 atom stereocenters. The lowest BCUT2D eigenvalue weighted by atomic mass is 10.3. The van der Waals surface area contributed by atoms with Crippen molar-refractivity contribution in [2.24, 2.45) is 5.73 Å². The number of pyridine rings is 1. The second-order valence-corrected chi connectivity index (χ2v) is 3.05. The molecule has 1 rings (SSSR count). The highest BCUT2D eigenvalue weighted by Crippen LogP contribution is 2.11. The van der Waals surface area contributed by atoms with Crippen molar-refractivity contribution in [2.75, 3.05) is 17.6 Å². The van der Waals surface area contributed by atoms with Gasteiger partial charge in [-0.25, -0.2) is 4.98 Å². The number of nitrogens with two attached hydrogens (primary N) is 2. The Bertz CT molecular complexity index is 440. The molecule has 0 aliphatic carbocycles. The van der Waals surface area contributed by atoms with Crippen LogP contribution in [-0.4, -0.2) is 28.6 Å². The zero-order valence-corrected chi connectivity index (χ0v) is 8.34. The van der Waals surface area contributed by atoms with Gasteiger partial charge in [-0.3, -0.25) is 4.79 Å². The van der Waals surface area contributed by atoms with Crippen molar-refractivity contribution in [1.82, 2.24) is 4.98 Å². The molecule has 1 aromatic rings. The number of carbonyl (C=O) groups excluding carboxylic acids is 1. The van der Waals surface area contributed by atoms with E-state index in [0.29, 0.717) is 5.82 Å². The molecule has 84 valence electrons. The van der Waals surface area contributed by atoms with Crippen LogP contribution in [0.3, 0.4) is 0 Å². The molecule has 0 aromatic carbocycles. The van der Waals surface area contributed by atoms with Crippen molar-refractivity contribution in [3.63, 3.8) is 0 Å². The Morgan fingerprint density at radius 3 is 2.94 bits per heavy atom. The minimum absolute atomic E-state index is 0.0723. The third-order valence-electron chi connectivity index (χ3n) is 1.84. The van der Waals surface area contributed by atoms with Gasteiger partial charge in [-0.05, 0) is 12.1 Å². The Morgan fingerprint density at radius 2 is 2.38 bits per heavy atom. The van der Waals surface area contributed by atoms with Crippen LogP contribution in [0.15, 0.2) is 12.1 Å². The molecule has 7 heteroatoms. The molecule has 0 fully saturated rings. The first kappa shape index (κ1) is 11.7. The fourth-order valence-electron chi connectivity index (χ4n) is 0.960. The van der Waals surface area contributed by atoms with Crippen LogP contribution in [0.4, 0.5) is 11.5 Å². The van der Waals surface area contributed by atoms with Crippen LogP contribution in [0, 0.1) is 11.3 Å². The number of aliphatic hydroxyl groups is 1. The summed E-state index contributed by atoms with van der Waals surface area (Å²) in [6, 6.07) is 4.85. The lowest BCUT2D eigenvalue weighted by molar-refractivity contribution is -0.125. The Kier molecular flexibility index (Phi) is 3.63. The van der Waals surface area contributed by atoms with E-state index in [-0.39, 0.29) is 17.9 Å². The van der Waals surface area contributed by atoms with Crippen LogP contribution in [0.25, 0.3) is 0 Å². The quantitative estimate of drug-likeness (QED) is 0.503. The lowest BCUT2D eigenvalue weighted by Gasteiger charge is -2.09. The molecule has 0 saturated carbocycles. The Balaban J connectivity index is 2.69. The third kappa shape index (κ3) is 2.83. The third-order valence-corrected chi connectivity index (χ3v) is 1.84. The average molecular weight is 221 g/mol. The van der Waals surface area contributed by atoms with Gasteiger partial charge in [0.25, 0.3) is 0 Å². The largest absolute Gasteiger partial charge is 0.396 e. The van der Waals surface area contributed by atoms with E-state index < -0.39 is 12.0 Å². The lowest BCUT2D eigenvalue weighted by Crippen LogP contribution is -2.34. The predicted octanol–water partition coefficient (Wildman–Crippen LogP) is -1.21. The second-order valence-electron chi connectivity index (χ2n) is 3.05.